The summed E-state index contributed by atoms with van der Waals surface area (Å²) in [4.78, 5) is 0. The quantitative estimate of drug-likeness (QED) is 0.345. The van der Waals surface area contributed by atoms with Crippen LogP contribution in [0, 0.1) is 0 Å². The van der Waals surface area contributed by atoms with E-state index in [0.717, 1.165) is 44.4 Å². The van der Waals surface area contributed by atoms with Gasteiger partial charge in [-0.1, -0.05) is 51.5 Å². The van der Waals surface area contributed by atoms with Crippen LogP contribution in [-0.2, 0) is 8.85 Å². The molecule has 0 amide bonds. The Hall–Kier alpha value is -0.383. The van der Waals surface area contributed by atoms with E-state index in [-0.39, 0.29) is 0 Å². The molecule has 0 spiro atoms. The normalized spacial score (nSPS) is 16.9. The van der Waals surface area contributed by atoms with Crippen molar-refractivity contribution in [3.8, 4) is 0 Å². The predicted octanol–water partition coefficient (Wildman–Crippen LogP) is 5.60. The Kier molecular flexibility index (Phi) is 12.1. The molecule has 118 valence electrons. The molecule has 0 aromatic heterocycles. The first kappa shape index (κ1) is 19.6. The van der Waals surface area contributed by atoms with Crippen LogP contribution in [0.5, 0.6) is 0 Å². The second kappa shape index (κ2) is 12.4. The van der Waals surface area contributed by atoms with Crippen molar-refractivity contribution < 1.29 is 8.85 Å². The molecule has 0 saturated heterocycles. The average Bonchev–Trinajstić information content (AvgIpc) is 2.47. The van der Waals surface area contributed by atoms with Gasteiger partial charge in [0.1, 0.15) is 0 Å². The fourth-order valence-electron chi connectivity index (χ4n) is 2.23. The molecule has 0 N–H and O–H groups in total. The standard InChI is InChI=1S/C17H34O2Si/c1-6-11-13-17(10-5)19-20(15-9-4,16-12-7-2)18-14-8-3/h6-7,11-12,17H,8-10,13-16H2,1-5H3. The summed E-state index contributed by atoms with van der Waals surface area (Å²) in [7, 11) is -2.09. The van der Waals surface area contributed by atoms with Gasteiger partial charge in [0, 0.05) is 12.7 Å². The molecule has 2 unspecified atom stereocenters. The minimum absolute atomic E-state index is 0.298. The smallest absolute Gasteiger partial charge is 0.342 e. The third-order valence-electron chi connectivity index (χ3n) is 3.34. The summed E-state index contributed by atoms with van der Waals surface area (Å²) in [5, 5.41) is 0. The van der Waals surface area contributed by atoms with Crippen molar-refractivity contribution in [2.45, 2.75) is 78.5 Å². The highest BCUT2D eigenvalue weighted by Crippen LogP contribution is 2.26. The van der Waals surface area contributed by atoms with Gasteiger partial charge in [-0.15, -0.1) is 0 Å². The third kappa shape index (κ3) is 8.03. The molecule has 0 rings (SSSR count). The van der Waals surface area contributed by atoms with Gasteiger partial charge in [0.25, 0.3) is 0 Å². The van der Waals surface area contributed by atoms with Crippen molar-refractivity contribution in [2.75, 3.05) is 6.61 Å². The molecule has 0 heterocycles. The molecule has 0 aromatic rings. The molecular formula is C17H34O2Si. The van der Waals surface area contributed by atoms with Gasteiger partial charge >= 0.3 is 8.56 Å². The highest BCUT2D eigenvalue weighted by atomic mass is 28.4. The summed E-state index contributed by atoms with van der Waals surface area (Å²) in [6, 6.07) is 2.06. The van der Waals surface area contributed by atoms with Crippen LogP contribution >= 0.6 is 0 Å². The zero-order chi connectivity index (χ0) is 15.3. The van der Waals surface area contributed by atoms with E-state index in [1.807, 2.05) is 0 Å². The minimum atomic E-state index is -2.09. The first-order valence-corrected chi connectivity index (χ1v) is 10.4. The lowest BCUT2D eigenvalue weighted by atomic mass is 10.2. The highest BCUT2D eigenvalue weighted by Gasteiger charge is 2.37. The molecule has 0 radical (unpaired) electrons. The van der Waals surface area contributed by atoms with Gasteiger partial charge in [-0.3, -0.25) is 0 Å². The number of allylic oxidation sites excluding steroid dienone is 3. The molecule has 2 nitrogen and oxygen atoms in total. The lowest BCUT2D eigenvalue weighted by Gasteiger charge is -2.33. The Morgan fingerprint density at radius 2 is 1.70 bits per heavy atom. The van der Waals surface area contributed by atoms with E-state index in [4.69, 9.17) is 8.85 Å². The van der Waals surface area contributed by atoms with Crippen molar-refractivity contribution in [3.63, 3.8) is 0 Å². The molecule has 20 heavy (non-hydrogen) atoms. The fraction of sp³-hybridized carbons (Fsp3) is 0.765. The summed E-state index contributed by atoms with van der Waals surface area (Å²) < 4.78 is 12.8. The zero-order valence-electron chi connectivity index (χ0n) is 14.2. The summed E-state index contributed by atoms with van der Waals surface area (Å²) in [5.74, 6) is 0. The van der Waals surface area contributed by atoms with Gasteiger partial charge < -0.3 is 8.85 Å². The molecule has 3 heteroatoms. The van der Waals surface area contributed by atoms with Crippen molar-refractivity contribution in [3.05, 3.63) is 24.3 Å². The predicted molar refractivity (Wildman–Crippen MR) is 91.3 cm³/mol. The number of hydrogen-bond acceptors (Lipinski definition) is 2. The van der Waals surface area contributed by atoms with Crippen LogP contribution in [-0.4, -0.2) is 21.3 Å². The van der Waals surface area contributed by atoms with Crippen LogP contribution < -0.4 is 0 Å². The van der Waals surface area contributed by atoms with E-state index in [0.29, 0.717) is 6.10 Å². The van der Waals surface area contributed by atoms with Crippen molar-refractivity contribution in [2.24, 2.45) is 0 Å². The fourth-order valence-corrected chi connectivity index (χ4v) is 5.78. The maximum atomic E-state index is 6.55. The monoisotopic (exact) mass is 298 g/mol. The van der Waals surface area contributed by atoms with E-state index in [2.05, 4.69) is 58.9 Å². The molecule has 0 aliphatic carbocycles. The van der Waals surface area contributed by atoms with Gasteiger partial charge in [-0.2, -0.15) is 0 Å². The SMILES string of the molecule is CC=CCC(CC)O[Si](CC=CC)(CCC)OCCC. The van der Waals surface area contributed by atoms with Crippen molar-refractivity contribution >= 4 is 8.56 Å². The molecule has 0 fully saturated rings. The maximum Gasteiger partial charge on any atom is 0.342 e. The first-order valence-electron chi connectivity index (χ1n) is 8.22. The Bertz CT molecular complexity index is 276. The summed E-state index contributed by atoms with van der Waals surface area (Å²) in [6.45, 7) is 11.6. The molecule has 0 aliphatic rings. The molecule has 0 bridgehead atoms. The summed E-state index contributed by atoms with van der Waals surface area (Å²) in [6.07, 6.45) is 13.2. The van der Waals surface area contributed by atoms with E-state index >= 15 is 0 Å². The Balaban J connectivity index is 4.90. The lowest BCUT2D eigenvalue weighted by Crippen LogP contribution is -2.44. The Morgan fingerprint density at radius 3 is 2.20 bits per heavy atom. The maximum absolute atomic E-state index is 6.55. The Morgan fingerprint density at radius 1 is 1.00 bits per heavy atom. The van der Waals surface area contributed by atoms with Gasteiger partial charge in [0.15, 0.2) is 0 Å². The molecule has 0 saturated carbocycles. The van der Waals surface area contributed by atoms with Crippen LogP contribution in [0.3, 0.4) is 0 Å². The van der Waals surface area contributed by atoms with E-state index in [1.165, 1.54) is 0 Å². The van der Waals surface area contributed by atoms with Crippen LogP contribution in [0.25, 0.3) is 0 Å². The van der Waals surface area contributed by atoms with Gasteiger partial charge in [0.05, 0.1) is 6.10 Å². The van der Waals surface area contributed by atoms with E-state index < -0.39 is 8.56 Å². The van der Waals surface area contributed by atoms with E-state index in [1.54, 1.807) is 0 Å². The largest absolute Gasteiger partial charge is 0.394 e. The molecule has 0 aromatic carbocycles. The second-order valence-corrected chi connectivity index (χ2v) is 8.49. The highest BCUT2D eigenvalue weighted by molar-refractivity contribution is 6.68. The van der Waals surface area contributed by atoms with Crippen LogP contribution in [0.4, 0.5) is 0 Å². The summed E-state index contributed by atoms with van der Waals surface area (Å²) >= 11 is 0. The van der Waals surface area contributed by atoms with Crippen LogP contribution in [0.1, 0.15) is 60.3 Å². The molecule has 0 aliphatic heterocycles. The summed E-state index contributed by atoms with van der Waals surface area (Å²) in [5.41, 5.74) is 0. The zero-order valence-corrected chi connectivity index (χ0v) is 15.2. The van der Waals surface area contributed by atoms with E-state index in [9.17, 15) is 0 Å². The number of rotatable bonds is 12. The molecular weight excluding hydrogens is 264 g/mol. The van der Waals surface area contributed by atoms with Crippen LogP contribution in [0.15, 0.2) is 24.3 Å². The topological polar surface area (TPSA) is 18.5 Å². The van der Waals surface area contributed by atoms with Crippen molar-refractivity contribution in [1.82, 2.24) is 0 Å². The average molecular weight is 299 g/mol. The van der Waals surface area contributed by atoms with Gasteiger partial charge in [-0.05, 0) is 39.2 Å². The van der Waals surface area contributed by atoms with Crippen molar-refractivity contribution in [1.29, 1.82) is 0 Å². The first-order chi connectivity index (χ1) is 9.67. The Labute approximate surface area is 127 Å². The second-order valence-electron chi connectivity index (χ2n) is 5.24. The van der Waals surface area contributed by atoms with Gasteiger partial charge in [-0.25, -0.2) is 0 Å². The van der Waals surface area contributed by atoms with Crippen LogP contribution in [0.2, 0.25) is 12.1 Å². The number of hydrogen-bond donors (Lipinski definition) is 0. The third-order valence-corrected chi connectivity index (χ3v) is 6.95. The van der Waals surface area contributed by atoms with Gasteiger partial charge in [0.2, 0.25) is 0 Å². The minimum Gasteiger partial charge on any atom is -0.394 e. The molecule has 2 atom stereocenters. The lowest BCUT2D eigenvalue weighted by molar-refractivity contribution is 0.111.